The monoisotopic (exact) mass is 295 g/mol. The topological polar surface area (TPSA) is 69.7 Å². The lowest BCUT2D eigenvalue weighted by Gasteiger charge is -2.35. The van der Waals surface area contributed by atoms with Crippen molar-refractivity contribution >= 4 is 17.7 Å². The standard InChI is InChI=1S/C15H25N3O3/c1-2-10-17(12-5-8-16-9-6-12)15(21)7-11-18-13(19)3-4-14(18)20/h12,16H,2-11H2,1H3. The molecular formula is C15H25N3O3. The fourth-order valence-corrected chi connectivity index (χ4v) is 3.09. The molecule has 0 saturated carbocycles. The summed E-state index contributed by atoms with van der Waals surface area (Å²) in [6.07, 6.45) is 3.72. The summed E-state index contributed by atoms with van der Waals surface area (Å²) >= 11 is 0. The van der Waals surface area contributed by atoms with Gasteiger partial charge in [-0.25, -0.2) is 0 Å². The first-order chi connectivity index (χ1) is 10.1. The van der Waals surface area contributed by atoms with E-state index in [0.29, 0.717) is 18.9 Å². The highest BCUT2D eigenvalue weighted by molar-refractivity contribution is 6.02. The zero-order valence-corrected chi connectivity index (χ0v) is 12.8. The number of imide groups is 1. The van der Waals surface area contributed by atoms with Gasteiger partial charge in [0.15, 0.2) is 0 Å². The van der Waals surface area contributed by atoms with Gasteiger partial charge in [-0.15, -0.1) is 0 Å². The Morgan fingerprint density at radius 3 is 2.43 bits per heavy atom. The summed E-state index contributed by atoms with van der Waals surface area (Å²) in [5, 5.41) is 3.30. The second kappa shape index (κ2) is 7.54. The van der Waals surface area contributed by atoms with Crippen molar-refractivity contribution in [2.24, 2.45) is 0 Å². The van der Waals surface area contributed by atoms with Crippen molar-refractivity contribution < 1.29 is 14.4 Å². The van der Waals surface area contributed by atoms with Gasteiger partial charge in [0, 0.05) is 38.4 Å². The molecule has 0 bridgehead atoms. The summed E-state index contributed by atoms with van der Waals surface area (Å²) in [6, 6.07) is 0.295. The number of carbonyl (C=O) groups is 3. The molecule has 2 aliphatic rings. The van der Waals surface area contributed by atoms with Gasteiger partial charge >= 0.3 is 0 Å². The number of piperidine rings is 1. The van der Waals surface area contributed by atoms with Gasteiger partial charge in [0.05, 0.1) is 0 Å². The summed E-state index contributed by atoms with van der Waals surface area (Å²) in [6.45, 7) is 4.95. The van der Waals surface area contributed by atoms with Crippen molar-refractivity contribution in [3.63, 3.8) is 0 Å². The van der Waals surface area contributed by atoms with Crippen molar-refractivity contribution in [1.82, 2.24) is 15.1 Å². The van der Waals surface area contributed by atoms with Crippen molar-refractivity contribution in [3.8, 4) is 0 Å². The fourth-order valence-electron chi connectivity index (χ4n) is 3.09. The highest BCUT2D eigenvalue weighted by Gasteiger charge is 2.30. The maximum absolute atomic E-state index is 12.5. The summed E-state index contributed by atoms with van der Waals surface area (Å²) < 4.78 is 0. The minimum atomic E-state index is -0.142. The van der Waals surface area contributed by atoms with Crippen LogP contribution in [-0.2, 0) is 14.4 Å². The number of rotatable bonds is 6. The van der Waals surface area contributed by atoms with Crippen LogP contribution in [0.4, 0.5) is 0 Å². The number of nitrogens with one attached hydrogen (secondary N) is 1. The molecule has 2 saturated heterocycles. The molecule has 0 aliphatic carbocycles. The van der Waals surface area contributed by atoms with Gasteiger partial charge in [0.2, 0.25) is 17.7 Å². The normalized spacial score (nSPS) is 20.1. The molecule has 0 radical (unpaired) electrons. The molecule has 0 aromatic heterocycles. The van der Waals surface area contributed by atoms with E-state index < -0.39 is 0 Å². The van der Waals surface area contributed by atoms with E-state index in [2.05, 4.69) is 12.2 Å². The molecule has 0 aromatic carbocycles. The minimum absolute atomic E-state index is 0.0660. The molecule has 6 heteroatoms. The highest BCUT2D eigenvalue weighted by atomic mass is 16.2. The van der Waals surface area contributed by atoms with Gasteiger partial charge in [0.1, 0.15) is 0 Å². The molecular weight excluding hydrogens is 270 g/mol. The average molecular weight is 295 g/mol. The minimum Gasteiger partial charge on any atom is -0.340 e. The first-order valence-electron chi connectivity index (χ1n) is 7.97. The second-order valence-electron chi connectivity index (χ2n) is 5.76. The quantitative estimate of drug-likeness (QED) is 0.725. The molecule has 2 fully saturated rings. The first kappa shape index (κ1) is 15.9. The number of carbonyl (C=O) groups excluding carboxylic acids is 3. The van der Waals surface area contributed by atoms with E-state index in [9.17, 15) is 14.4 Å². The number of nitrogens with zero attached hydrogens (tertiary/aromatic N) is 2. The third kappa shape index (κ3) is 4.03. The van der Waals surface area contributed by atoms with Crippen LogP contribution in [0.15, 0.2) is 0 Å². The lowest BCUT2D eigenvalue weighted by atomic mass is 10.0. The molecule has 2 rings (SSSR count). The number of hydrogen-bond acceptors (Lipinski definition) is 4. The third-order valence-corrected chi connectivity index (χ3v) is 4.24. The first-order valence-corrected chi connectivity index (χ1v) is 7.97. The van der Waals surface area contributed by atoms with E-state index >= 15 is 0 Å². The smallest absolute Gasteiger partial charge is 0.229 e. The van der Waals surface area contributed by atoms with Crippen LogP contribution in [0.25, 0.3) is 0 Å². The number of hydrogen-bond donors (Lipinski definition) is 1. The Bertz CT molecular complexity index is 389. The molecule has 6 nitrogen and oxygen atoms in total. The van der Waals surface area contributed by atoms with Crippen LogP contribution in [0.3, 0.4) is 0 Å². The predicted molar refractivity (Wildman–Crippen MR) is 78.5 cm³/mol. The van der Waals surface area contributed by atoms with Gasteiger partial charge in [-0.3, -0.25) is 19.3 Å². The molecule has 0 atom stereocenters. The summed E-state index contributed by atoms with van der Waals surface area (Å²) in [4.78, 5) is 38.8. The van der Waals surface area contributed by atoms with E-state index in [1.165, 1.54) is 4.90 Å². The molecule has 2 aliphatic heterocycles. The Kier molecular flexibility index (Phi) is 5.73. The van der Waals surface area contributed by atoms with Gasteiger partial charge in [-0.1, -0.05) is 6.92 Å². The zero-order chi connectivity index (χ0) is 15.2. The van der Waals surface area contributed by atoms with Crippen LogP contribution in [0.5, 0.6) is 0 Å². The second-order valence-corrected chi connectivity index (χ2v) is 5.76. The Balaban J connectivity index is 1.88. The Hall–Kier alpha value is -1.43. The fraction of sp³-hybridized carbons (Fsp3) is 0.800. The lowest BCUT2D eigenvalue weighted by molar-refractivity contribution is -0.140. The number of amides is 3. The van der Waals surface area contributed by atoms with E-state index in [0.717, 1.165) is 38.9 Å². The highest BCUT2D eigenvalue weighted by Crippen LogP contribution is 2.16. The molecule has 2 heterocycles. The average Bonchev–Trinajstić information content (AvgIpc) is 2.82. The van der Waals surface area contributed by atoms with Crippen molar-refractivity contribution in [2.75, 3.05) is 26.2 Å². The van der Waals surface area contributed by atoms with Gasteiger partial charge in [0.25, 0.3) is 0 Å². The Morgan fingerprint density at radius 2 is 1.86 bits per heavy atom. The molecule has 1 N–H and O–H groups in total. The molecule has 3 amide bonds. The molecule has 118 valence electrons. The zero-order valence-electron chi connectivity index (χ0n) is 12.8. The predicted octanol–water partition coefficient (Wildman–Crippen LogP) is 0.516. The van der Waals surface area contributed by atoms with Crippen molar-refractivity contribution in [1.29, 1.82) is 0 Å². The molecule has 0 unspecified atom stereocenters. The summed E-state index contributed by atoms with van der Waals surface area (Å²) in [5.74, 6) is -0.218. The van der Waals surface area contributed by atoms with Crippen LogP contribution in [0.2, 0.25) is 0 Å². The van der Waals surface area contributed by atoms with Gasteiger partial charge in [-0.2, -0.15) is 0 Å². The lowest BCUT2D eigenvalue weighted by Crippen LogP contribution is -2.47. The third-order valence-electron chi connectivity index (χ3n) is 4.24. The largest absolute Gasteiger partial charge is 0.340 e. The number of likely N-dealkylation sites (tertiary alicyclic amines) is 1. The van der Waals surface area contributed by atoms with Crippen LogP contribution >= 0.6 is 0 Å². The molecule has 21 heavy (non-hydrogen) atoms. The Labute approximate surface area is 125 Å². The summed E-state index contributed by atoms with van der Waals surface area (Å²) in [5.41, 5.74) is 0. The van der Waals surface area contributed by atoms with E-state index in [1.54, 1.807) is 0 Å². The maximum atomic E-state index is 12.5. The van der Waals surface area contributed by atoms with Crippen LogP contribution in [-0.4, -0.2) is 59.7 Å². The van der Waals surface area contributed by atoms with Gasteiger partial charge in [-0.05, 0) is 32.4 Å². The van der Waals surface area contributed by atoms with Crippen molar-refractivity contribution in [2.45, 2.75) is 51.5 Å². The van der Waals surface area contributed by atoms with Crippen molar-refractivity contribution in [3.05, 3.63) is 0 Å². The molecule has 0 spiro atoms. The Morgan fingerprint density at radius 1 is 1.24 bits per heavy atom. The van der Waals surface area contributed by atoms with Crippen LogP contribution < -0.4 is 5.32 Å². The molecule has 0 aromatic rings. The van der Waals surface area contributed by atoms with E-state index in [4.69, 9.17) is 0 Å². The summed E-state index contributed by atoms with van der Waals surface area (Å²) in [7, 11) is 0. The van der Waals surface area contributed by atoms with Crippen LogP contribution in [0.1, 0.15) is 45.4 Å². The van der Waals surface area contributed by atoms with Gasteiger partial charge < -0.3 is 10.2 Å². The maximum Gasteiger partial charge on any atom is 0.229 e. The SMILES string of the molecule is CCCN(C(=O)CCN1C(=O)CCC1=O)C1CCNCC1. The van der Waals surface area contributed by atoms with E-state index in [-0.39, 0.29) is 30.7 Å². The van der Waals surface area contributed by atoms with Crippen LogP contribution in [0, 0.1) is 0 Å². The van der Waals surface area contributed by atoms with E-state index in [1.807, 2.05) is 4.90 Å².